The lowest BCUT2D eigenvalue weighted by Crippen LogP contribution is -2.22. The van der Waals surface area contributed by atoms with E-state index in [9.17, 15) is 19.2 Å². The third-order valence-corrected chi connectivity index (χ3v) is 3.05. The van der Waals surface area contributed by atoms with Gasteiger partial charge in [0.1, 0.15) is 0 Å². The molecule has 0 amide bonds. The minimum atomic E-state index is -1.07. The molecule has 0 spiro atoms. The zero-order chi connectivity index (χ0) is 19.3. The Morgan fingerprint density at radius 1 is 0.667 bits per heavy atom. The molecule has 0 heterocycles. The third kappa shape index (κ3) is 7.17. The van der Waals surface area contributed by atoms with Gasteiger partial charge in [-0.3, -0.25) is 0 Å². The lowest BCUT2D eigenvalue weighted by molar-refractivity contribution is -0.156. The smallest absolute Gasteiger partial charge is 0.341 e. The first kappa shape index (κ1) is 21.5. The highest BCUT2D eigenvalue weighted by Gasteiger charge is 2.25. The van der Waals surface area contributed by atoms with Gasteiger partial charge < -0.3 is 9.47 Å². The maximum atomic E-state index is 11.7. The van der Waals surface area contributed by atoms with Crippen molar-refractivity contribution in [3.05, 3.63) is 36.5 Å². The van der Waals surface area contributed by atoms with Crippen molar-refractivity contribution >= 4 is 23.9 Å². The van der Waals surface area contributed by atoms with Crippen LogP contribution in [0.1, 0.15) is 41.5 Å². The molecule has 0 bridgehead atoms. The zero-order valence-corrected chi connectivity index (χ0v) is 15.0. The van der Waals surface area contributed by atoms with E-state index < -0.39 is 34.7 Å². The number of hydrogen-bond acceptors (Lipinski definition) is 6. The molecule has 0 rings (SSSR count). The monoisotopic (exact) mass is 336 g/mol. The highest BCUT2D eigenvalue weighted by molar-refractivity contribution is 6.04. The fourth-order valence-corrected chi connectivity index (χ4v) is 1.12. The van der Waals surface area contributed by atoms with Gasteiger partial charge in [0.2, 0.25) is 0 Å². The predicted molar refractivity (Wildman–Crippen MR) is 88.5 cm³/mol. The molecule has 0 saturated heterocycles. The highest BCUT2D eigenvalue weighted by Crippen LogP contribution is 2.25. The van der Waals surface area contributed by atoms with Gasteiger partial charge in [-0.15, -0.1) is 0 Å². The van der Waals surface area contributed by atoms with Crippen molar-refractivity contribution in [3.63, 3.8) is 0 Å². The van der Waals surface area contributed by atoms with Crippen molar-refractivity contribution in [3.8, 4) is 0 Å². The topological polar surface area (TPSA) is 86.7 Å². The van der Waals surface area contributed by atoms with Crippen LogP contribution in [0.25, 0.3) is 0 Å². The molecule has 0 unspecified atom stereocenters. The van der Waals surface area contributed by atoms with Crippen LogP contribution in [0.2, 0.25) is 0 Å². The van der Waals surface area contributed by atoms with Gasteiger partial charge in [0.05, 0.1) is 0 Å². The molecular formula is C18H24O6. The number of ether oxygens (including phenoxy) is 2. The second kappa shape index (κ2) is 7.86. The summed E-state index contributed by atoms with van der Waals surface area (Å²) in [7, 11) is 0. The molecule has 0 saturated carbocycles. The van der Waals surface area contributed by atoms with Gasteiger partial charge in [0.25, 0.3) is 0 Å². The van der Waals surface area contributed by atoms with E-state index in [1.165, 1.54) is 0 Å². The fourth-order valence-electron chi connectivity index (χ4n) is 1.12. The van der Waals surface area contributed by atoms with Crippen LogP contribution in [-0.2, 0) is 28.7 Å². The predicted octanol–water partition coefficient (Wildman–Crippen LogP) is 2.89. The van der Waals surface area contributed by atoms with E-state index in [0.29, 0.717) is 12.2 Å². The Morgan fingerprint density at radius 3 is 1.12 bits per heavy atom. The molecule has 0 radical (unpaired) electrons. The molecular weight excluding hydrogens is 312 g/mol. The highest BCUT2D eigenvalue weighted by atomic mass is 16.6. The summed E-state index contributed by atoms with van der Waals surface area (Å²) in [5, 5.41) is 0. The number of hydrogen-bond donors (Lipinski definition) is 0. The van der Waals surface area contributed by atoms with Crippen molar-refractivity contribution < 1.29 is 28.7 Å². The van der Waals surface area contributed by atoms with Crippen molar-refractivity contribution in [2.24, 2.45) is 10.8 Å². The van der Waals surface area contributed by atoms with Crippen LogP contribution in [0.5, 0.6) is 0 Å². The van der Waals surface area contributed by atoms with E-state index >= 15 is 0 Å². The van der Waals surface area contributed by atoms with Crippen molar-refractivity contribution in [1.82, 2.24) is 0 Å². The molecule has 24 heavy (non-hydrogen) atoms. The normalized spacial score (nSPS) is 11.8. The summed E-state index contributed by atoms with van der Waals surface area (Å²) >= 11 is 0. The Kier molecular flexibility index (Phi) is 7.04. The summed E-state index contributed by atoms with van der Waals surface area (Å²) in [5.41, 5.74) is -0.883. The van der Waals surface area contributed by atoms with Crippen LogP contribution < -0.4 is 0 Å². The van der Waals surface area contributed by atoms with Crippen LogP contribution >= 0.6 is 0 Å². The molecule has 0 aromatic carbocycles. The van der Waals surface area contributed by atoms with Crippen molar-refractivity contribution in [2.75, 3.05) is 0 Å². The van der Waals surface area contributed by atoms with Gasteiger partial charge in [-0.2, -0.15) is 0 Å². The Bertz CT molecular complexity index is 554. The summed E-state index contributed by atoms with van der Waals surface area (Å²) in [5.74, 6) is -3.90. The molecule has 0 N–H and O–H groups in total. The Balaban J connectivity index is 4.64. The average molecular weight is 336 g/mol. The maximum Gasteiger partial charge on any atom is 0.341 e. The summed E-state index contributed by atoms with van der Waals surface area (Å²) in [6.07, 6.45) is 1.40. The van der Waals surface area contributed by atoms with Crippen LogP contribution in [0.15, 0.2) is 36.5 Å². The van der Waals surface area contributed by atoms with Gasteiger partial charge in [-0.1, -0.05) is 54.7 Å². The first-order valence-electron chi connectivity index (χ1n) is 7.25. The minimum absolute atomic E-state index is 0.114. The summed E-state index contributed by atoms with van der Waals surface area (Å²) < 4.78 is 9.04. The lowest BCUT2D eigenvalue weighted by Gasteiger charge is -2.19. The second-order valence-corrected chi connectivity index (χ2v) is 7.21. The van der Waals surface area contributed by atoms with Gasteiger partial charge in [-0.05, 0) is 10.8 Å². The molecule has 0 fully saturated rings. The van der Waals surface area contributed by atoms with E-state index in [-0.39, 0.29) is 11.1 Å². The van der Waals surface area contributed by atoms with E-state index in [1.807, 2.05) is 0 Å². The van der Waals surface area contributed by atoms with Gasteiger partial charge >= 0.3 is 23.9 Å². The maximum absolute atomic E-state index is 11.7. The van der Waals surface area contributed by atoms with Gasteiger partial charge in [-0.25, -0.2) is 19.2 Å². The molecule has 132 valence electrons. The van der Waals surface area contributed by atoms with Crippen LogP contribution in [-0.4, -0.2) is 23.9 Å². The van der Waals surface area contributed by atoms with Gasteiger partial charge in [0, 0.05) is 23.3 Å². The Hall–Kier alpha value is -2.50. The van der Waals surface area contributed by atoms with Crippen molar-refractivity contribution in [1.29, 1.82) is 0 Å². The quantitative estimate of drug-likeness (QED) is 0.446. The number of carbonyl (C=O) groups excluding carboxylic acids is 4. The van der Waals surface area contributed by atoms with E-state index in [2.05, 4.69) is 22.6 Å². The largest absolute Gasteiger partial charge is 0.386 e. The minimum Gasteiger partial charge on any atom is -0.386 e. The Morgan fingerprint density at radius 2 is 0.917 bits per heavy atom. The first-order chi connectivity index (χ1) is 10.7. The number of rotatable bonds is 4. The van der Waals surface area contributed by atoms with Crippen LogP contribution in [0.3, 0.4) is 0 Å². The van der Waals surface area contributed by atoms with E-state index in [0.717, 1.165) is 0 Å². The Labute approximate surface area is 142 Å². The summed E-state index contributed by atoms with van der Waals surface area (Å²) in [6.45, 7) is 17.5. The van der Waals surface area contributed by atoms with Crippen LogP contribution in [0, 0.1) is 10.8 Å². The summed E-state index contributed by atoms with van der Waals surface area (Å²) in [6, 6.07) is 0. The molecule has 0 atom stereocenters. The molecule has 0 aliphatic carbocycles. The zero-order valence-electron chi connectivity index (χ0n) is 15.0. The lowest BCUT2D eigenvalue weighted by atomic mass is 9.88. The second-order valence-electron chi connectivity index (χ2n) is 7.21. The molecule has 0 aromatic rings. The first-order valence-corrected chi connectivity index (χ1v) is 7.25. The number of carbonyl (C=O) groups is 4. The number of esters is 4. The standard InChI is InChI=1S/C18H24O6/c1-11(17(3,4)5)15(21)23-13(19)9-10-14(20)24-16(22)12(2)18(6,7)8/h9-10H,1-2H2,3-8H3/b10-9-. The van der Waals surface area contributed by atoms with Crippen LogP contribution in [0.4, 0.5) is 0 Å². The molecule has 6 heteroatoms. The average Bonchev–Trinajstić information content (AvgIpc) is 2.41. The molecule has 0 aliphatic heterocycles. The molecule has 0 aromatic heterocycles. The van der Waals surface area contributed by atoms with E-state index in [4.69, 9.17) is 0 Å². The SMILES string of the molecule is C=C(C(=O)OC(=O)/C=C\C(=O)OC(=O)C(=C)C(C)(C)C)C(C)(C)C. The fraction of sp³-hybridized carbons (Fsp3) is 0.444. The van der Waals surface area contributed by atoms with Crippen molar-refractivity contribution in [2.45, 2.75) is 41.5 Å². The third-order valence-electron chi connectivity index (χ3n) is 3.05. The van der Waals surface area contributed by atoms with E-state index in [1.54, 1.807) is 41.5 Å². The van der Waals surface area contributed by atoms with Gasteiger partial charge in [0.15, 0.2) is 0 Å². The molecule has 0 aliphatic rings. The molecule has 6 nitrogen and oxygen atoms in total. The summed E-state index contributed by atoms with van der Waals surface area (Å²) in [4.78, 5) is 46.3.